The number of fused-ring (bicyclic) bond motifs is 1. The average molecular weight is 361 g/mol. The van der Waals surface area contributed by atoms with Crippen molar-refractivity contribution >= 4 is 27.5 Å². The van der Waals surface area contributed by atoms with Crippen molar-refractivity contribution in [3.8, 4) is 11.3 Å². The number of rotatable bonds is 3. The summed E-state index contributed by atoms with van der Waals surface area (Å²) in [6.45, 7) is 1.26. The maximum absolute atomic E-state index is 12.6. The van der Waals surface area contributed by atoms with Crippen molar-refractivity contribution in [2.45, 2.75) is 6.04 Å². The van der Waals surface area contributed by atoms with Gasteiger partial charge in [-0.15, -0.1) is 16.4 Å². The monoisotopic (exact) mass is 361 g/mol. The molecule has 1 fully saturated rings. The number of para-hydroxylation sites is 1. The van der Waals surface area contributed by atoms with Gasteiger partial charge in [-0.2, -0.15) is 0 Å². The second-order valence-corrected chi connectivity index (χ2v) is 7.33. The van der Waals surface area contributed by atoms with Gasteiger partial charge in [-0.05, 0) is 12.1 Å². The fourth-order valence-electron chi connectivity index (χ4n) is 3.08. The van der Waals surface area contributed by atoms with Gasteiger partial charge < -0.3 is 4.90 Å². The normalized spacial score (nSPS) is 14.5. The van der Waals surface area contributed by atoms with Crippen LogP contribution in [0.5, 0.6) is 0 Å². The first-order valence-corrected chi connectivity index (χ1v) is 9.22. The van der Waals surface area contributed by atoms with E-state index in [9.17, 15) is 4.79 Å². The summed E-state index contributed by atoms with van der Waals surface area (Å²) in [5.74, 6) is -0.00847. The van der Waals surface area contributed by atoms with Crippen molar-refractivity contribution in [3.05, 3.63) is 65.8 Å². The van der Waals surface area contributed by atoms with Crippen LogP contribution in [0.25, 0.3) is 21.5 Å². The first kappa shape index (κ1) is 15.2. The summed E-state index contributed by atoms with van der Waals surface area (Å²) >= 11 is 1.44. The molecule has 0 bridgehead atoms. The molecule has 128 valence electrons. The third-order valence-electron chi connectivity index (χ3n) is 4.58. The maximum atomic E-state index is 12.6. The van der Waals surface area contributed by atoms with Crippen LogP contribution in [0.4, 0.5) is 0 Å². The Bertz CT molecular complexity index is 1050. The molecule has 0 saturated carbocycles. The number of hydrogen-bond acceptors (Lipinski definition) is 5. The topological polar surface area (TPSA) is 63.9 Å². The molecule has 4 aromatic rings. The van der Waals surface area contributed by atoms with Crippen LogP contribution in [-0.2, 0) is 0 Å². The lowest BCUT2D eigenvalue weighted by Gasteiger charge is -2.38. The van der Waals surface area contributed by atoms with Crippen molar-refractivity contribution in [2.24, 2.45) is 0 Å². The SMILES string of the molecule is O=C(c1nc2ccccc2s1)N1CC(n2cc(-c3ccccc3)nn2)C1. The van der Waals surface area contributed by atoms with E-state index in [4.69, 9.17) is 0 Å². The van der Waals surface area contributed by atoms with E-state index in [1.807, 2.05) is 70.4 Å². The van der Waals surface area contributed by atoms with Crippen LogP contribution in [0.1, 0.15) is 15.8 Å². The zero-order valence-electron chi connectivity index (χ0n) is 13.8. The molecular weight excluding hydrogens is 346 g/mol. The molecule has 3 heterocycles. The first-order chi connectivity index (χ1) is 12.8. The third kappa shape index (κ3) is 2.57. The van der Waals surface area contributed by atoms with E-state index in [2.05, 4.69) is 15.3 Å². The summed E-state index contributed by atoms with van der Waals surface area (Å²) < 4.78 is 2.89. The lowest BCUT2D eigenvalue weighted by Crippen LogP contribution is -2.50. The molecule has 1 saturated heterocycles. The molecule has 0 radical (unpaired) electrons. The van der Waals surface area contributed by atoms with Crippen LogP contribution in [0.2, 0.25) is 0 Å². The molecule has 0 unspecified atom stereocenters. The Hall–Kier alpha value is -3.06. The average Bonchev–Trinajstić information content (AvgIpc) is 3.28. The smallest absolute Gasteiger partial charge is 0.283 e. The second-order valence-electron chi connectivity index (χ2n) is 6.30. The highest BCUT2D eigenvalue weighted by Gasteiger charge is 2.34. The maximum Gasteiger partial charge on any atom is 0.283 e. The summed E-state index contributed by atoms with van der Waals surface area (Å²) in [6.07, 6.45) is 1.94. The lowest BCUT2D eigenvalue weighted by molar-refractivity contribution is 0.0498. The molecule has 1 aliphatic heterocycles. The number of amides is 1. The quantitative estimate of drug-likeness (QED) is 0.562. The third-order valence-corrected chi connectivity index (χ3v) is 5.60. The number of hydrogen-bond donors (Lipinski definition) is 0. The van der Waals surface area contributed by atoms with Crippen LogP contribution in [0.3, 0.4) is 0 Å². The van der Waals surface area contributed by atoms with Gasteiger partial charge in [0.25, 0.3) is 5.91 Å². The van der Waals surface area contributed by atoms with Crippen molar-refractivity contribution in [1.82, 2.24) is 24.9 Å². The predicted molar refractivity (Wildman–Crippen MR) is 100 cm³/mol. The summed E-state index contributed by atoms with van der Waals surface area (Å²) in [5.41, 5.74) is 2.77. The predicted octanol–water partition coefficient (Wildman–Crippen LogP) is 3.25. The van der Waals surface area contributed by atoms with Gasteiger partial charge in [-0.25, -0.2) is 9.67 Å². The van der Waals surface area contributed by atoms with E-state index >= 15 is 0 Å². The number of carbonyl (C=O) groups is 1. The minimum absolute atomic E-state index is 0.00847. The molecule has 1 amide bonds. The van der Waals surface area contributed by atoms with Gasteiger partial charge in [0.05, 0.1) is 22.5 Å². The van der Waals surface area contributed by atoms with Crippen LogP contribution < -0.4 is 0 Å². The number of likely N-dealkylation sites (tertiary alicyclic amines) is 1. The van der Waals surface area contributed by atoms with Gasteiger partial charge in [-0.1, -0.05) is 47.7 Å². The van der Waals surface area contributed by atoms with Crippen LogP contribution in [0.15, 0.2) is 60.8 Å². The van der Waals surface area contributed by atoms with E-state index in [-0.39, 0.29) is 11.9 Å². The lowest BCUT2D eigenvalue weighted by atomic mass is 10.1. The summed E-state index contributed by atoms with van der Waals surface area (Å²) in [4.78, 5) is 18.9. The molecule has 0 atom stereocenters. The number of benzene rings is 2. The van der Waals surface area contributed by atoms with E-state index in [1.54, 1.807) is 0 Å². The minimum atomic E-state index is -0.00847. The van der Waals surface area contributed by atoms with E-state index < -0.39 is 0 Å². The van der Waals surface area contributed by atoms with Gasteiger partial charge in [0.15, 0.2) is 5.01 Å². The van der Waals surface area contributed by atoms with E-state index in [1.165, 1.54) is 11.3 Å². The van der Waals surface area contributed by atoms with Crippen molar-refractivity contribution < 1.29 is 4.79 Å². The number of carbonyl (C=O) groups excluding carboxylic acids is 1. The van der Waals surface area contributed by atoms with Crippen molar-refractivity contribution in [1.29, 1.82) is 0 Å². The summed E-state index contributed by atoms with van der Waals surface area (Å²) in [5, 5.41) is 9.03. The van der Waals surface area contributed by atoms with Crippen LogP contribution in [-0.4, -0.2) is 43.9 Å². The van der Waals surface area contributed by atoms with Crippen LogP contribution >= 0.6 is 11.3 Å². The van der Waals surface area contributed by atoms with Crippen LogP contribution in [0, 0.1) is 0 Å². The second kappa shape index (κ2) is 6.03. The molecule has 2 aromatic heterocycles. The highest BCUT2D eigenvalue weighted by Crippen LogP contribution is 2.28. The highest BCUT2D eigenvalue weighted by molar-refractivity contribution is 7.20. The molecule has 0 N–H and O–H groups in total. The Balaban J connectivity index is 1.28. The zero-order valence-corrected chi connectivity index (χ0v) is 14.6. The Morgan fingerprint density at radius 2 is 1.81 bits per heavy atom. The van der Waals surface area contributed by atoms with Gasteiger partial charge in [0, 0.05) is 18.7 Å². The Kier molecular flexibility index (Phi) is 3.53. The molecule has 2 aromatic carbocycles. The largest absolute Gasteiger partial charge is 0.332 e. The number of thiazole rings is 1. The Morgan fingerprint density at radius 3 is 2.62 bits per heavy atom. The molecule has 0 spiro atoms. The molecule has 7 heteroatoms. The number of nitrogens with zero attached hydrogens (tertiary/aromatic N) is 5. The van der Waals surface area contributed by atoms with Gasteiger partial charge >= 0.3 is 0 Å². The molecule has 1 aliphatic rings. The van der Waals surface area contributed by atoms with Crippen molar-refractivity contribution in [3.63, 3.8) is 0 Å². The minimum Gasteiger partial charge on any atom is -0.332 e. The molecule has 0 aliphatic carbocycles. The van der Waals surface area contributed by atoms with Gasteiger partial charge in [0.1, 0.15) is 5.69 Å². The summed E-state index contributed by atoms with van der Waals surface area (Å²) in [6, 6.07) is 18.0. The van der Waals surface area contributed by atoms with Gasteiger partial charge in [0.2, 0.25) is 0 Å². The Morgan fingerprint density at radius 1 is 1.04 bits per heavy atom. The fourth-order valence-corrected chi connectivity index (χ4v) is 4.02. The molecule has 26 heavy (non-hydrogen) atoms. The van der Waals surface area contributed by atoms with E-state index in [0.29, 0.717) is 18.1 Å². The molecule has 6 nitrogen and oxygen atoms in total. The first-order valence-electron chi connectivity index (χ1n) is 8.40. The van der Waals surface area contributed by atoms with Gasteiger partial charge in [-0.3, -0.25) is 4.79 Å². The molecule has 5 rings (SSSR count). The molecular formula is C19H15N5OS. The summed E-state index contributed by atoms with van der Waals surface area (Å²) in [7, 11) is 0. The zero-order chi connectivity index (χ0) is 17.5. The standard InChI is InChI=1S/C19H15N5OS/c25-19(18-20-15-8-4-5-9-17(15)26-18)23-10-14(11-23)24-12-16(21-22-24)13-6-2-1-3-7-13/h1-9,12,14H,10-11H2. The van der Waals surface area contributed by atoms with E-state index in [0.717, 1.165) is 21.5 Å². The fraction of sp³-hybridized carbons (Fsp3) is 0.158. The number of aromatic nitrogens is 4. The highest BCUT2D eigenvalue weighted by atomic mass is 32.1. The Labute approximate surface area is 153 Å². The van der Waals surface area contributed by atoms with Crippen molar-refractivity contribution in [2.75, 3.05) is 13.1 Å².